The molecule has 0 spiro atoms. The van der Waals surface area contributed by atoms with E-state index in [4.69, 9.17) is 9.47 Å². The van der Waals surface area contributed by atoms with Crippen LogP contribution in [-0.4, -0.2) is 53.3 Å². The molecule has 0 aliphatic carbocycles. The number of benzene rings is 2. The lowest BCUT2D eigenvalue weighted by Gasteiger charge is -2.30. The summed E-state index contributed by atoms with van der Waals surface area (Å²) >= 11 is 2.59. The van der Waals surface area contributed by atoms with Gasteiger partial charge < -0.3 is 25.0 Å². The smallest absolute Gasteiger partial charge is 0.410 e. The predicted molar refractivity (Wildman–Crippen MR) is 166 cm³/mol. The average Bonchev–Trinajstić information content (AvgIpc) is 3.28. The molecule has 9 nitrogen and oxygen atoms in total. The van der Waals surface area contributed by atoms with Gasteiger partial charge in [-0.25, -0.2) is 9.59 Å². The van der Waals surface area contributed by atoms with Crippen molar-refractivity contribution in [3.63, 3.8) is 0 Å². The number of amides is 3. The molecule has 0 saturated carbocycles. The monoisotopic (exact) mass is 609 g/mol. The van der Waals surface area contributed by atoms with Crippen molar-refractivity contribution in [2.75, 3.05) is 29.5 Å². The Kier molecular flexibility index (Phi) is 9.95. The molecule has 3 amide bonds. The fourth-order valence-corrected chi connectivity index (χ4v) is 6.42. The second kappa shape index (κ2) is 13.4. The highest BCUT2D eigenvalue weighted by Gasteiger charge is 2.32. The van der Waals surface area contributed by atoms with Gasteiger partial charge in [0.2, 0.25) is 5.91 Å². The van der Waals surface area contributed by atoms with E-state index in [1.165, 1.54) is 23.1 Å². The van der Waals surface area contributed by atoms with Crippen LogP contribution in [0, 0.1) is 6.92 Å². The molecule has 0 bridgehead atoms. The molecule has 0 unspecified atom stereocenters. The number of esters is 1. The van der Waals surface area contributed by atoms with Gasteiger partial charge in [0.25, 0.3) is 5.91 Å². The number of hydrogen-bond acceptors (Lipinski definition) is 8. The molecule has 2 N–H and O–H groups in total. The summed E-state index contributed by atoms with van der Waals surface area (Å²) in [7, 11) is 0. The second-order valence-electron chi connectivity index (χ2n) is 10.7. The Balaban J connectivity index is 1.43. The summed E-state index contributed by atoms with van der Waals surface area (Å²) in [4.78, 5) is 54.5. The van der Waals surface area contributed by atoms with Crippen LogP contribution >= 0.6 is 23.1 Å². The van der Waals surface area contributed by atoms with Gasteiger partial charge in [-0.3, -0.25) is 9.59 Å². The van der Waals surface area contributed by atoms with Gasteiger partial charge in [-0.2, -0.15) is 0 Å². The molecule has 11 heteroatoms. The minimum Gasteiger partial charge on any atom is -0.462 e. The van der Waals surface area contributed by atoms with E-state index >= 15 is 0 Å². The normalized spacial score (nSPS) is 12.7. The van der Waals surface area contributed by atoms with E-state index < -0.39 is 17.7 Å². The largest absolute Gasteiger partial charge is 0.462 e. The number of thiophene rings is 1. The maximum atomic E-state index is 13.0. The van der Waals surface area contributed by atoms with Crippen molar-refractivity contribution < 1.29 is 28.7 Å². The van der Waals surface area contributed by atoms with E-state index in [0.29, 0.717) is 34.8 Å². The highest BCUT2D eigenvalue weighted by Crippen LogP contribution is 2.38. The van der Waals surface area contributed by atoms with Crippen molar-refractivity contribution in [3.8, 4) is 0 Å². The van der Waals surface area contributed by atoms with E-state index in [1.54, 1.807) is 24.0 Å². The number of rotatable bonds is 8. The van der Waals surface area contributed by atoms with Crippen molar-refractivity contribution in [3.05, 3.63) is 75.7 Å². The number of fused-ring (bicyclic) bond motifs is 1. The highest BCUT2D eigenvalue weighted by atomic mass is 32.2. The lowest BCUT2D eigenvalue weighted by Crippen LogP contribution is -2.39. The lowest BCUT2D eigenvalue weighted by molar-refractivity contribution is -0.113. The van der Waals surface area contributed by atoms with Crippen LogP contribution < -0.4 is 10.6 Å². The molecule has 2 heterocycles. The van der Waals surface area contributed by atoms with Crippen LogP contribution in [0.25, 0.3) is 0 Å². The standard InChI is InChI=1S/C31H35N3O6S2/c1-6-39-29(37)26-23-14-15-34(30(38)40-31(3,4)5)17-24(23)42-28(26)33-25(35)18-41-21-12-9-11-20(16-21)32-27(36)22-13-8-7-10-19(22)2/h7-13,16H,6,14-15,17-18H2,1-5H3,(H,32,36)(H,33,35). The van der Waals surface area contributed by atoms with Gasteiger partial charge in [-0.05, 0) is 76.4 Å². The number of hydrogen-bond donors (Lipinski definition) is 2. The molecule has 0 atom stereocenters. The third-order valence-electron chi connectivity index (χ3n) is 6.29. The number of carbonyl (C=O) groups excluding carboxylic acids is 4. The first-order valence-corrected chi connectivity index (χ1v) is 15.4. The molecule has 1 aromatic heterocycles. The molecule has 0 fully saturated rings. The zero-order valence-electron chi connectivity index (χ0n) is 24.4. The second-order valence-corrected chi connectivity index (χ2v) is 12.9. The van der Waals surface area contributed by atoms with Crippen molar-refractivity contribution in [2.24, 2.45) is 0 Å². The Hall–Kier alpha value is -3.83. The Labute approximate surface area is 254 Å². The van der Waals surface area contributed by atoms with E-state index in [9.17, 15) is 19.2 Å². The Morgan fingerprint density at radius 1 is 1.05 bits per heavy atom. The van der Waals surface area contributed by atoms with Crippen LogP contribution in [0.2, 0.25) is 0 Å². The summed E-state index contributed by atoms with van der Waals surface area (Å²) in [5.41, 5.74) is 2.62. The van der Waals surface area contributed by atoms with E-state index in [2.05, 4.69) is 10.6 Å². The number of nitrogens with one attached hydrogen (secondary N) is 2. The van der Waals surface area contributed by atoms with Crippen LogP contribution in [0.1, 0.15) is 64.4 Å². The quantitative estimate of drug-likeness (QED) is 0.221. The third-order valence-corrected chi connectivity index (χ3v) is 8.42. The molecular weight excluding hydrogens is 574 g/mol. The Morgan fingerprint density at radius 2 is 1.81 bits per heavy atom. The van der Waals surface area contributed by atoms with Crippen LogP contribution in [-0.2, 0) is 27.2 Å². The highest BCUT2D eigenvalue weighted by molar-refractivity contribution is 8.00. The average molecular weight is 610 g/mol. The predicted octanol–water partition coefficient (Wildman–Crippen LogP) is 6.51. The van der Waals surface area contributed by atoms with Gasteiger partial charge in [-0.1, -0.05) is 24.3 Å². The molecule has 3 aromatic rings. The summed E-state index contributed by atoms with van der Waals surface area (Å²) in [5, 5.41) is 6.21. The topological polar surface area (TPSA) is 114 Å². The fourth-order valence-electron chi connectivity index (χ4n) is 4.39. The first kappa shape index (κ1) is 31.1. The lowest BCUT2D eigenvalue weighted by atomic mass is 10.0. The van der Waals surface area contributed by atoms with Gasteiger partial charge in [0, 0.05) is 27.6 Å². The number of aryl methyl sites for hydroxylation is 1. The number of carbonyl (C=O) groups is 4. The minimum absolute atomic E-state index is 0.0874. The van der Waals surface area contributed by atoms with E-state index in [-0.39, 0.29) is 30.7 Å². The molecule has 0 saturated heterocycles. The molecule has 0 radical (unpaired) electrons. The molecule has 1 aliphatic rings. The van der Waals surface area contributed by atoms with Crippen molar-refractivity contribution in [2.45, 2.75) is 58.1 Å². The zero-order chi connectivity index (χ0) is 30.4. The summed E-state index contributed by atoms with van der Waals surface area (Å²) < 4.78 is 10.8. The summed E-state index contributed by atoms with van der Waals surface area (Å²) in [6, 6.07) is 14.6. The molecular formula is C31H35N3O6S2. The molecule has 4 rings (SSSR count). The number of nitrogens with zero attached hydrogens (tertiary/aromatic N) is 1. The summed E-state index contributed by atoms with van der Waals surface area (Å²) in [6.45, 7) is 9.93. The summed E-state index contributed by atoms with van der Waals surface area (Å²) in [6.07, 6.45) is 0.0313. The number of ether oxygens (including phenoxy) is 2. The van der Waals surface area contributed by atoms with Crippen LogP contribution in [0.4, 0.5) is 15.5 Å². The summed E-state index contributed by atoms with van der Waals surface area (Å²) in [5.74, 6) is -0.904. The SMILES string of the molecule is CCOC(=O)c1c(NC(=O)CSc2cccc(NC(=O)c3ccccc3C)c2)sc2c1CCN(C(=O)OC(C)(C)C)C2. The number of thioether (sulfide) groups is 1. The number of anilines is 2. The maximum Gasteiger partial charge on any atom is 0.410 e. The van der Waals surface area contributed by atoms with E-state index in [0.717, 1.165) is 20.9 Å². The van der Waals surface area contributed by atoms with Gasteiger partial charge in [0.15, 0.2) is 0 Å². The van der Waals surface area contributed by atoms with Crippen molar-refractivity contribution in [1.82, 2.24) is 4.90 Å². The van der Waals surface area contributed by atoms with Gasteiger partial charge in [-0.15, -0.1) is 23.1 Å². The van der Waals surface area contributed by atoms with Gasteiger partial charge in [0.1, 0.15) is 10.6 Å². The van der Waals surface area contributed by atoms with E-state index in [1.807, 2.05) is 64.1 Å². The zero-order valence-corrected chi connectivity index (χ0v) is 26.0. The van der Waals surface area contributed by atoms with Crippen LogP contribution in [0.3, 0.4) is 0 Å². The van der Waals surface area contributed by atoms with Crippen LogP contribution in [0.15, 0.2) is 53.4 Å². The fraction of sp³-hybridized carbons (Fsp3) is 0.355. The molecule has 2 aromatic carbocycles. The maximum absolute atomic E-state index is 13.0. The molecule has 1 aliphatic heterocycles. The Morgan fingerprint density at radius 3 is 2.52 bits per heavy atom. The first-order valence-electron chi connectivity index (χ1n) is 13.6. The van der Waals surface area contributed by atoms with Crippen LogP contribution in [0.5, 0.6) is 0 Å². The Bertz CT molecular complexity index is 1490. The minimum atomic E-state index is -0.619. The van der Waals surface area contributed by atoms with Gasteiger partial charge in [0.05, 0.1) is 24.5 Å². The first-order chi connectivity index (χ1) is 19.9. The van der Waals surface area contributed by atoms with Crippen molar-refractivity contribution >= 4 is 57.7 Å². The van der Waals surface area contributed by atoms with Gasteiger partial charge >= 0.3 is 12.1 Å². The third kappa shape index (κ3) is 7.92. The van der Waals surface area contributed by atoms with Crippen molar-refractivity contribution in [1.29, 1.82) is 0 Å². The molecule has 42 heavy (non-hydrogen) atoms. The molecule has 222 valence electrons.